The van der Waals surface area contributed by atoms with Crippen molar-refractivity contribution in [2.45, 2.75) is 25.9 Å². The van der Waals surface area contributed by atoms with Crippen molar-refractivity contribution in [2.24, 2.45) is 0 Å². The van der Waals surface area contributed by atoms with Crippen molar-refractivity contribution in [3.63, 3.8) is 0 Å². The van der Waals surface area contributed by atoms with Crippen LogP contribution >= 0.6 is 15.9 Å². The number of fused-ring (bicyclic) bond motifs is 1. The molecule has 0 aromatic heterocycles. The molecule has 0 atom stereocenters. The van der Waals surface area contributed by atoms with E-state index in [1.165, 1.54) is 40.5 Å². The average Bonchev–Trinajstić information content (AvgIpc) is 2.82. The zero-order valence-corrected chi connectivity index (χ0v) is 12.6. The maximum absolute atomic E-state index is 3.55. The topological polar surface area (TPSA) is 3.24 Å². The predicted molar refractivity (Wildman–Crippen MR) is 83.0 cm³/mol. The van der Waals surface area contributed by atoms with E-state index in [1.807, 2.05) is 0 Å². The first-order chi connectivity index (χ1) is 9.31. The van der Waals surface area contributed by atoms with Crippen LogP contribution in [-0.2, 0) is 19.5 Å². The Balaban J connectivity index is 1.51. The molecule has 0 saturated heterocycles. The summed E-state index contributed by atoms with van der Waals surface area (Å²) >= 11 is 3.55. The summed E-state index contributed by atoms with van der Waals surface area (Å²) in [5.41, 5.74) is 4.42. The second-order valence-electron chi connectivity index (χ2n) is 5.21. The zero-order chi connectivity index (χ0) is 13.1. The van der Waals surface area contributed by atoms with Gasteiger partial charge in [-0.05, 0) is 48.2 Å². The van der Waals surface area contributed by atoms with E-state index in [9.17, 15) is 0 Å². The van der Waals surface area contributed by atoms with Gasteiger partial charge in [0.15, 0.2) is 0 Å². The molecule has 1 aliphatic rings. The van der Waals surface area contributed by atoms with Crippen molar-refractivity contribution in [1.29, 1.82) is 0 Å². The van der Waals surface area contributed by atoms with Gasteiger partial charge in [-0.1, -0.05) is 52.3 Å². The summed E-state index contributed by atoms with van der Waals surface area (Å²) < 4.78 is 1.19. The molecular formula is C17H18BrN. The standard InChI is InChI=1S/C17H18BrN/c18-17-9-8-15-12-19(13-16(15)11-17)10-4-7-14-5-2-1-3-6-14/h1-3,5-6,8-9,11H,4,7,10,12-13H2. The molecule has 0 fully saturated rings. The summed E-state index contributed by atoms with van der Waals surface area (Å²) in [4.78, 5) is 2.54. The highest BCUT2D eigenvalue weighted by molar-refractivity contribution is 9.10. The van der Waals surface area contributed by atoms with Gasteiger partial charge in [-0.2, -0.15) is 0 Å². The van der Waals surface area contributed by atoms with Crippen LogP contribution in [0.5, 0.6) is 0 Å². The third kappa shape index (κ3) is 3.26. The molecule has 0 bridgehead atoms. The lowest BCUT2D eigenvalue weighted by Gasteiger charge is -2.14. The lowest BCUT2D eigenvalue weighted by molar-refractivity contribution is 0.280. The molecule has 0 saturated carbocycles. The van der Waals surface area contributed by atoms with Crippen molar-refractivity contribution in [3.05, 3.63) is 69.7 Å². The van der Waals surface area contributed by atoms with E-state index in [4.69, 9.17) is 0 Å². The summed E-state index contributed by atoms with van der Waals surface area (Å²) in [5, 5.41) is 0. The van der Waals surface area contributed by atoms with Gasteiger partial charge in [-0.25, -0.2) is 0 Å². The van der Waals surface area contributed by atoms with Crippen molar-refractivity contribution >= 4 is 15.9 Å². The Kier molecular flexibility index (Phi) is 4.00. The van der Waals surface area contributed by atoms with E-state index in [-0.39, 0.29) is 0 Å². The van der Waals surface area contributed by atoms with E-state index in [0.717, 1.165) is 13.1 Å². The molecule has 2 aromatic rings. The van der Waals surface area contributed by atoms with Crippen LogP contribution in [0.25, 0.3) is 0 Å². The van der Waals surface area contributed by atoms with Crippen molar-refractivity contribution in [3.8, 4) is 0 Å². The summed E-state index contributed by atoms with van der Waals surface area (Å²) in [5.74, 6) is 0. The van der Waals surface area contributed by atoms with Crippen molar-refractivity contribution < 1.29 is 0 Å². The molecule has 0 spiro atoms. The van der Waals surface area contributed by atoms with E-state index >= 15 is 0 Å². The third-order valence-corrected chi connectivity index (χ3v) is 4.23. The first-order valence-electron chi connectivity index (χ1n) is 6.85. The SMILES string of the molecule is Brc1ccc2c(c1)CN(CCCc1ccccc1)C2. The van der Waals surface area contributed by atoms with Gasteiger partial charge in [-0.15, -0.1) is 0 Å². The van der Waals surface area contributed by atoms with E-state index < -0.39 is 0 Å². The van der Waals surface area contributed by atoms with Crippen molar-refractivity contribution in [2.75, 3.05) is 6.54 Å². The maximum atomic E-state index is 3.55. The summed E-state index contributed by atoms with van der Waals surface area (Å²) in [6.07, 6.45) is 2.41. The largest absolute Gasteiger partial charge is 0.295 e. The molecule has 0 N–H and O–H groups in total. The van der Waals surface area contributed by atoms with Gasteiger partial charge in [0.05, 0.1) is 0 Å². The summed E-state index contributed by atoms with van der Waals surface area (Å²) in [6, 6.07) is 17.4. The van der Waals surface area contributed by atoms with E-state index in [1.54, 1.807) is 0 Å². The first-order valence-corrected chi connectivity index (χ1v) is 7.64. The molecule has 0 unspecified atom stereocenters. The Morgan fingerprint density at radius 1 is 0.947 bits per heavy atom. The molecule has 0 radical (unpaired) electrons. The molecule has 1 heterocycles. The number of aryl methyl sites for hydroxylation is 1. The Morgan fingerprint density at radius 2 is 1.74 bits per heavy atom. The Hall–Kier alpha value is -1.12. The Morgan fingerprint density at radius 3 is 2.58 bits per heavy atom. The minimum atomic E-state index is 1.10. The lowest BCUT2D eigenvalue weighted by Crippen LogP contribution is -2.18. The van der Waals surface area contributed by atoms with Crippen LogP contribution in [0.4, 0.5) is 0 Å². The second kappa shape index (κ2) is 5.89. The van der Waals surface area contributed by atoms with Gasteiger partial charge in [0, 0.05) is 17.6 Å². The maximum Gasteiger partial charge on any atom is 0.0240 e. The second-order valence-corrected chi connectivity index (χ2v) is 6.13. The van der Waals surface area contributed by atoms with Crippen LogP contribution < -0.4 is 0 Å². The lowest BCUT2D eigenvalue weighted by atomic mass is 10.1. The molecule has 2 heteroatoms. The van der Waals surface area contributed by atoms with Crippen LogP contribution in [0.2, 0.25) is 0 Å². The predicted octanol–water partition coefficient (Wildman–Crippen LogP) is 4.40. The molecule has 1 nitrogen and oxygen atoms in total. The highest BCUT2D eigenvalue weighted by Gasteiger charge is 2.18. The molecule has 1 aliphatic heterocycles. The number of benzene rings is 2. The number of nitrogens with zero attached hydrogens (tertiary/aromatic N) is 1. The monoisotopic (exact) mass is 315 g/mol. The van der Waals surface area contributed by atoms with Gasteiger partial charge >= 0.3 is 0 Å². The highest BCUT2D eigenvalue weighted by atomic mass is 79.9. The van der Waals surface area contributed by atoms with Crippen LogP contribution in [0, 0.1) is 0 Å². The fraction of sp³-hybridized carbons (Fsp3) is 0.294. The molecule has 2 aromatic carbocycles. The summed E-state index contributed by atoms with van der Waals surface area (Å²) in [6.45, 7) is 3.39. The highest BCUT2D eigenvalue weighted by Crippen LogP contribution is 2.25. The van der Waals surface area contributed by atoms with Crippen molar-refractivity contribution in [1.82, 2.24) is 4.90 Å². The quantitative estimate of drug-likeness (QED) is 0.808. The van der Waals surface area contributed by atoms with Crippen LogP contribution in [0.3, 0.4) is 0 Å². The number of rotatable bonds is 4. The van der Waals surface area contributed by atoms with E-state index in [2.05, 4.69) is 69.4 Å². The molecule has 98 valence electrons. The summed E-state index contributed by atoms with van der Waals surface area (Å²) in [7, 11) is 0. The molecule has 3 rings (SSSR count). The van der Waals surface area contributed by atoms with Crippen LogP contribution in [-0.4, -0.2) is 11.4 Å². The van der Waals surface area contributed by atoms with Gasteiger partial charge in [-0.3, -0.25) is 4.90 Å². The molecule has 0 amide bonds. The number of hydrogen-bond acceptors (Lipinski definition) is 1. The molecule has 19 heavy (non-hydrogen) atoms. The fourth-order valence-corrected chi connectivity index (χ4v) is 3.15. The average molecular weight is 316 g/mol. The minimum absolute atomic E-state index is 1.10. The normalized spacial score (nSPS) is 14.6. The Labute approximate surface area is 123 Å². The van der Waals surface area contributed by atoms with Gasteiger partial charge in [0.1, 0.15) is 0 Å². The molecular weight excluding hydrogens is 298 g/mol. The minimum Gasteiger partial charge on any atom is -0.295 e. The molecule has 0 aliphatic carbocycles. The first kappa shape index (κ1) is 12.9. The fourth-order valence-electron chi connectivity index (χ4n) is 2.74. The van der Waals surface area contributed by atoms with Gasteiger partial charge < -0.3 is 0 Å². The number of halogens is 1. The zero-order valence-electron chi connectivity index (χ0n) is 11.0. The van der Waals surface area contributed by atoms with Crippen LogP contribution in [0.1, 0.15) is 23.1 Å². The van der Waals surface area contributed by atoms with Crippen LogP contribution in [0.15, 0.2) is 53.0 Å². The Bertz CT molecular complexity index is 550. The third-order valence-electron chi connectivity index (χ3n) is 3.74. The smallest absolute Gasteiger partial charge is 0.0240 e. The van der Waals surface area contributed by atoms with Gasteiger partial charge in [0.2, 0.25) is 0 Å². The van der Waals surface area contributed by atoms with Gasteiger partial charge in [0.25, 0.3) is 0 Å². The van der Waals surface area contributed by atoms with E-state index in [0.29, 0.717) is 0 Å². The number of hydrogen-bond donors (Lipinski definition) is 0.